The van der Waals surface area contributed by atoms with Crippen LogP contribution >= 0.6 is 0 Å². The molecular weight excluding hydrogens is 346 g/mol. The number of aromatic nitrogens is 2. The van der Waals surface area contributed by atoms with E-state index in [0.717, 1.165) is 19.0 Å². The molecule has 0 spiro atoms. The van der Waals surface area contributed by atoms with E-state index in [1.54, 1.807) is 16.9 Å². The van der Waals surface area contributed by atoms with Gasteiger partial charge in [-0.15, -0.1) is 0 Å². The van der Waals surface area contributed by atoms with Crippen LogP contribution in [0.25, 0.3) is 0 Å². The molecule has 0 aliphatic carbocycles. The maximum Gasteiger partial charge on any atom is 0.294 e. The van der Waals surface area contributed by atoms with Crippen LogP contribution in [-0.2, 0) is 16.6 Å². The highest BCUT2D eigenvalue weighted by molar-refractivity contribution is 7.89. The van der Waals surface area contributed by atoms with Crippen LogP contribution in [0.2, 0.25) is 0 Å². The zero-order valence-electron chi connectivity index (χ0n) is 14.3. The first-order chi connectivity index (χ1) is 11.7. The topological polar surface area (TPSA) is 119 Å². The molecule has 1 aromatic carbocycles. The lowest BCUT2D eigenvalue weighted by molar-refractivity contribution is -0.384. The third-order valence-electron chi connectivity index (χ3n) is 3.58. The minimum atomic E-state index is -3.76. The van der Waals surface area contributed by atoms with Crippen molar-refractivity contribution in [3.8, 4) is 0 Å². The highest BCUT2D eigenvalue weighted by Gasteiger charge is 2.20. The number of hydrogen-bond donors (Lipinski definition) is 2. The zero-order chi connectivity index (χ0) is 18.6. The Kier molecular flexibility index (Phi) is 5.75. The van der Waals surface area contributed by atoms with Crippen LogP contribution in [0.5, 0.6) is 0 Å². The molecule has 25 heavy (non-hydrogen) atoms. The number of nitro groups is 1. The predicted octanol–water partition coefficient (Wildman–Crippen LogP) is 2.49. The van der Waals surface area contributed by atoms with Crippen LogP contribution in [-0.4, -0.2) is 30.2 Å². The van der Waals surface area contributed by atoms with Crippen molar-refractivity contribution in [2.24, 2.45) is 5.92 Å². The molecule has 0 bridgehead atoms. The van der Waals surface area contributed by atoms with Crippen LogP contribution in [0.3, 0.4) is 0 Å². The van der Waals surface area contributed by atoms with Crippen molar-refractivity contribution in [1.29, 1.82) is 0 Å². The van der Waals surface area contributed by atoms with Crippen LogP contribution in [0.1, 0.15) is 20.3 Å². The number of benzene rings is 1. The van der Waals surface area contributed by atoms with Gasteiger partial charge in [-0.25, -0.2) is 13.1 Å². The Morgan fingerprint density at radius 3 is 2.64 bits per heavy atom. The van der Waals surface area contributed by atoms with Gasteiger partial charge in [-0.2, -0.15) is 5.10 Å². The summed E-state index contributed by atoms with van der Waals surface area (Å²) in [6.45, 7) is 4.99. The molecule has 0 amide bonds. The van der Waals surface area contributed by atoms with Gasteiger partial charge in [-0.1, -0.05) is 13.8 Å². The van der Waals surface area contributed by atoms with Gasteiger partial charge in [0.05, 0.1) is 9.82 Å². The van der Waals surface area contributed by atoms with Gasteiger partial charge in [0.25, 0.3) is 5.69 Å². The van der Waals surface area contributed by atoms with Crippen molar-refractivity contribution in [1.82, 2.24) is 14.5 Å². The summed E-state index contributed by atoms with van der Waals surface area (Å²) in [5.74, 6) is 0.999. The Morgan fingerprint density at radius 1 is 1.32 bits per heavy atom. The van der Waals surface area contributed by atoms with Crippen LogP contribution in [0, 0.1) is 16.0 Å². The molecule has 0 unspecified atom stereocenters. The maximum atomic E-state index is 11.8. The second-order valence-electron chi connectivity index (χ2n) is 5.92. The van der Waals surface area contributed by atoms with E-state index in [2.05, 4.69) is 29.0 Å². The standard InChI is InChI=1S/C15H21N5O4S/c1-11(2)6-8-19-9-7-15(18-19)17-13-5-4-12(25(23,24)16-3)10-14(13)20(21)22/h4-5,7,9-11,16H,6,8H2,1-3H3,(H,17,18). The lowest BCUT2D eigenvalue weighted by atomic mass is 10.1. The number of nitrogens with one attached hydrogen (secondary N) is 2. The third kappa shape index (κ3) is 4.77. The fourth-order valence-electron chi connectivity index (χ4n) is 2.13. The van der Waals surface area contributed by atoms with Gasteiger partial charge in [-0.05, 0) is 31.5 Å². The maximum absolute atomic E-state index is 11.8. The largest absolute Gasteiger partial charge is 0.333 e. The normalized spacial score (nSPS) is 11.7. The van der Waals surface area contributed by atoms with Crippen LogP contribution in [0.15, 0.2) is 35.4 Å². The summed E-state index contributed by atoms with van der Waals surface area (Å²) in [7, 11) is -2.51. The predicted molar refractivity (Wildman–Crippen MR) is 94.3 cm³/mol. The fraction of sp³-hybridized carbons (Fsp3) is 0.400. The summed E-state index contributed by atoms with van der Waals surface area (Å²) >= 11 is 0. The van der Waals surface area contributed by atoms with Gasteiger partial charge in [0.2, 0.25) is 10.0 Å². The van der Waals surface area contributed by atoms with Crippen molar-refractivity contribution in [3.05, 3.63) is 40.6 Å². The Morgan fingerprint density at radius 2 is 2.04 bits per heavy atom. The van der Waals surface area contributed by atoms with E-state index in [-0.39, 0.29) is 16.3 Å². The van der Waals surface area contributed by atoms with Crippen LogP contribution in [0.4, 0.5) is 17.2 Å². The molecule has 136 valence electrons. The summed E-state index contributed by atoms with van der Waals surface area (Å²) < 4.78 is 27.5. The summed E-state index contributed by atoms with van der Waals surface area (Å²) in [6.07, 6.45) is 2.76. The molecule has 2 N–H and O–H groups in total. The first-order valence-electron chi connectivity index (χ1n) is 7.75. The van der Waals surface area contributed by atoms with Crippen molar-refractivity contribution in [3.63, 3.8) is 0 Å². The first-order valence-corrected chi connectivity index (χ1v) is 9.23. The number of aryl methyl sites for hydroxylation is 1. The summed E-state index contributed by atoms with van der Waals surface area (Å²) in [6, 6.07) is 5.39. The van der Waals surface area contributed by atoms with Gasteiger partial charge < -0.3 is 5.32 Å². The number of rotatable bonds is 8. The molecular formula is C15H21N5O4S. The van der Waals surface area contributed by atoms with Gasteiger partial charge in [0.15, 0.2) is 5.82 Å². The minimum absolute atomic E-state index is 0.172. The Hall–Kier alpha value is -2.46. The van der Waals surface area contributed by atoms with E-state index in [1.807, 2.05) is 0 Å². The highest BCUT2D eigenvalue weighted by atomic mass is 32.2. The number of nitrogens with zero attached hydrogens (tertiary/aromatic N) is 3. The Balaban J connectivity index is 2.26. The Labute approximate surface area is 146 Å². The van der Waals surface area contributed by atoms with Crippen LogP contribution < -0.4 is 10.0 Å². The molecule has 0 aliphatic rings. The number of nitro benzene ring substituents is 1. The molecule has 2 aromatic rings. The monoisotopic (exact) mass is 367 g/mol. The molecule has 2 rings (SSSR count). The van der Waals surface area contributed by atoms with Crippen molar-refractivity contribution >= 4 is 27.2 Å². The van der Waals surface area contributed by atoms with E-state index < -0.39 is 14.9 Å². The third-order valence-corrected chi connectivity index (χ3v) is 5.00. The van der Waals surface area contributed by atoms with E-state index in [0.29, 0.717) is 11.7 Å². The van der Waals surface area contributed by atoms with E-state index in [4.69, 9.17) is 0 Å². The molecule has 1 aromatic heterocycles. The number of sulfonamides is 1. The van der Waals surface area contributed by atoms with Crippen molar-refractivity contribution in [2.45, 2.75) is 31.7 Å². The van der Waals surface area contributed by atoms with Crippen molar-refractivity contribution in [2.75, 3.05) is 12.4 Å². The SMILES string of the molecule is CNS(=O)(=O)c1ccc(Nc2ccn(CCC(C)C)n2)c([N+](=O)[O-])c1. The molecule has 0 fully saturated rings. The average Bonchev–Trinajstić information content (AvgIpc) is 3.00. The minimum Gasteiger partial charge on any atom is -0.333 e. The molecule has 0 atom stereocenters. The van der Waals surface area contributed by atoms with Gasteiger partial charge in [0.1, 0.15) is 5.69 Å². The lowest BCUT2D eigenvalue weighted by Gasteiger charge is -2.07. The summed E-state index contributed by atoms with van der Waals surface area (Å²) in [4.78, 5) is 10.5. The molecule has 0 aliphatic heterocycles. The molecule has 0 saturated carbocycles. The van der Waals surface area contributed by atoms with E-state index in [9.17, 15) is 18.5 Å². The summed E-state index contributed by atoms with van der Waals surface area (Å²) in [5, 5.41) is 18.5. The zero-order valence-corrected chi connectivity index (χ0v) is 15.1. The average molecular weight is 367 g/mol. The smallest absolute Gasteiger partial charge is 0.294 e. The van der Waals surface area contributed by atoms with Gasteiger partial charge in [0, 0.05) is 24.9 Å². The van der Waals surface area contributed by atoms with E-state index in [1.165, 1.54) is 19.2 Å². The van der Waals surface area contributed by atoms with Gasteiger partial charge in [-0.3, -0.25) is 14.8 Å². The quantitative estimate of drug-likeness (QED) is 0.546. The molecule has 1 heterocycles. The number of anilines is 2. The highest BCUT2D eigenvalue weighted by Crippen LogP contribution is 2.29. The second-order valence-corrected chi connectivity index (χ2v) is 7.80. The molecule has 10 heteroatoms. The lowest BCUT2D eigenvalue weighted by Crippen LogP contribution is -2.18. The summed E-state index contributed by atoms with van der Waals surface area (Å²) in [5.41, 5.74) is -0.165. The molecule has 0 saturated heterocycles. The Bertz CT molecular complexity index is 861. The van der Waals surface area contributed by atoms with Gasteiger partial charge >= 0.3 is 0 Å². The molecule has 0 radical (unpaired) electrons. The van der Waals surface area contributed by atoms with E-state index >= 15 is 0 Å². The van der Waals surface area contributed by atoms with Crippen molar-refractivity contribution < 1.29 is 13.3 Å². The number of hydrogen-bond acceptors (Lipinski definition) is 6. The fourth-order valence-corrected chi connectivity index (χ4v) is 2.88. The second kappa shape index (κ2) is 7.62. The first kappa shape index (κ1) is 18.9. The molecule has 9 nitrogen and oxygen atoms in total.